The molecule has 184 valence electrons. The SMILES string of the molecule is CCCCN1C(=O)CC(C(=O)NCc2ccccc2CS(=O)(=O)NC)C1c1ccc(OC)cc1. The molecule has 1 saturated heterocycles. The number of unbranched alkanes of at least 4 members (excludes halogenated alkanes) is 1. The van der Waals surface area contributed by atoms with Gasteiger partial charge < -0.3 is 15.0 Å². The van der Waals surface area contributed by atoms with E-state index in [1.54, 1.807) is 25.3 Å². The number of ether oxygens (including phenoxy) is 1. The van der Waals surface area contributed by atoms with E-state index in [4.69, 9.17) is 4.74 Å². The maximum Gasteiger partial charge on any atom is 0.226 e. The van der Waals surface area contributed by atoms with Gasteiger partial charge in [0.1, 0.15) is 5.75 Å². The quantitative estimate of drug-likeness (QED) is 0.507. The number of nitrogens with one attached hydrogen (secondary N) is 2. The van der Waals surface area contributed by atoms with Crippen LogP contribution in [0.5, 0.6) is 5.75 Å². The zero-order valence-electron chi connectivity index (χ0n) is 19.9. The Kier molecular flexibility index (Phi) is 8.68. The van der Waals surface area contributed by atoms with Gasteiger partial charge in [-0.25, -0.2) is 13.1 Å². The van der Waals surface area contributed by atoms with Crippen LogP contribution in [0.3, 0.4) is 0 Å². The summed E-state index contributed by atoms with van der Waals surface area (Å²) < 4.78 is 31.6. The fourth-order valence-corrected chi connectivity index (χ4v) is 5.13. The van der Waals surface area contributed by atoms with Crippen LogP contribution in [0.2, 0.25) is 0 Å². The Morgan fingerprint density at radius 2 is 1.79 bits per heavy atom. The number of methoxy groups -OCH3 is 1. The van der Waals surface area contributed by atoms with Crippen molar-refractivity contribution in [2.75, 3.05) is 20.7 Å². The zero-order valence-corrected chi connectivity index (χ0v) is 20.7. The Labute approximate surface area is 201 Å². The highest BCUT2D eigenvalue weighted by Crippen LogP contribution is 2.39. The third-order valence-corrected chi connectivity index (χ3v) is 7.52. The Bertz CT molecular complexity index is 1100. The van der Waals surface area contributed by atoms with Crippen molar-refractivity contribution < 1.29 is 22.7 Å². The van der Waals surface area contributed by atoms with E-state index in [1.807, 2.05) is 35.2 Å². The second-order valence-corrected chi connectivity index (χ2v) is 10.3. The van der Waals surface area contributed by atoms with Crippen LogP contribution in [-0.4, -0.2) is 45.8 Å². The summed E-state index contributed by atoms with van der Waals surface area (Å²) >= 11 is 0. The van der Waals surface area contributed by atoms with Crippen LogP contribution in [0.4, 0.5) is 0 Å². The number of carbonyl (C=O) groups excluding carboxylic acids is 2. The first kappa shape index (κ1) is 25.7. The summed E-state index contributed by atoms with van der Waals surface area (Å²) in [5.41, 5.74) is 2.24. The molecule has 0 aliphatic carbocycles. The first-order valence-electron chi connectivity index (χ1n) is 11.5. The molecule has 1 fully saturated rings. The van der Waals surface area contributed by atoms with Crippen LogP contribution in [0, 0.1) is 5.92 Å². The molecule has 1 aliphatic heterocycles. The molecule has 0 saturated carbocycles. The molecule has 2 N–H and O–H groups in total. The summed E-state index contributed by atoms with van der Waals surface area (Å²) in [4.78, 5) is 28.0. The Hall–Kier alpha value is -2.91. The molecule has 0 aromatic heterocycles. The molecule has 2 aromatic rings. The third kappa shape index (κ3) is 6.15. The standard InChI is InChI=1S/C25H33N3O5S/c1-4-5-14-28-23(29)15-22(24(28)18-10-12-21(33-3)13-11-18)25(30)27-16-19-8-6-7-9-20(19)17-34(31,32)26-2/h6-13,22,24,26H,4-5,14-17H2,1-3H3,(H,27,30). The summed E-state index contributed by atoms with van der Waals surface area (Å²) in [5.74, 6) is -0.251. The van der Waals surface area contributed by atoms with Gasteiger partial charge in [-0.05, 0) is 42.3 Å². The third-order valence-electron chi connectivity index (χ3n) is 6.21. The van der Waals surface area contributed by atoms with Crippen molar-refractivity contribution in [3.63, 3.8) is 0 Å². The number of nitrogens with zero attached hydrogens (tertiary/aromatic N) is 1. The minimum absolute atomic E-state index is 0.0325. The summed E-state index contributed by atoms with van der Waals surface area (Å²) in [7, 11) is -0.477. The number of sulfonamides is 1. The molecule has 1 heterocycles. The van der Waals surface area contributed by atoms with Crippen LogP contribution in [0.25, 0.3) is 0 Å². The van der Waals surface area contributed by atoms with Gasteiger partial charge in [0.2, 0.25) is 21.8 Å². The lowest BCUT2D eigenvalue weighted by atomic mass is 9.92. The smallest absolute Gasteiger partial charge is 0.226 e. The molecule has 2 unspecified atom stereocenters. The number of benzene rings is 2. The molecule has 9 heteroatoms. The molecule has 8 nitrogen and oxygen atoms in total. The first-order chi connectivity index (χ1) is 16.3. The molecular formula is C25H33N3O5S. The summed E-state index contributed by atoms with van der Waals surface area (Å²) in [6.07, 6.45) is 1.95. The predicted molar refractivity (Wildman–Crippen MR) is 130 cm³/mol. The molecule has 0 spiro atoms. The average molecular weight is 488 g/mol. The zero-order chi connectivity index (χ0) is 24.7. The van der Waals surface area contributed by atoms with E-state index in [0.29, 0.717) is 17.9 Å². The molecule has 2 atom stereocenters. The van der Waals surface area contributed by atoms with Crippen molar-refractivity contribution in [2.24, 2.45) is 5.92 Å². The largest absolute Gasteiger partial charge is 0.497 e. The Morgan fingerprint density at radius 3 is 2.41 bits per heavy atom. The lowest BCUT2D eigenvalue weighted by molar-refractivity contribution is -0.129. The van der Waals surface area contributed by atoms with Gasteiger partial charge in [0.25, 0.3) is 0 Å². The van der Waals surface area contributed by atoms with Gasteiger partial charge in [0, 0.05) is 19.5 Å². The number of amides is 2. The van der Waals surface area contributed by atoms with Gasteiger partial charge in [-0.3, -0.25) is 9.59 Å². The van der Waals surface area contributed by atoms with Crippen molar-refractivity contribution in [3.05, 3.63) is 65.2 Å². The number of hydrogen-bond acceptors (Lipinski definition) is 5. The first-order valence-corrected chi connectivity index (χ1v) is 13.1. The normalized spacial score (nSPS) is 18.2. The maximum absolute atomic E-state index is 13.3. The number of rotatable bonds is 11. The highest BCUT2D eigenvalue weighted by molar-refractivity contribution is 7.88. The minimum atomic E-state index is -3.45. The molecule has 0 bridgehead atoms. The number of hydrogen-bond donors (Lipinski definition) is 2. The monoisotopic (exact) mass is 487 g/mol. The van der Waals surface area contributed by atoms with Crippen molar-refractivity contribution in [1.82, 2.24) is 14.9 Å². The lowest BCUT2D eigenvalue weighted by Gasteiger charge is -2.28. The Morgan fingerprint density at radius 1 is 1.12 bits per heavy atom. The maximum atomic E-state index is 13.3. The highest BCUT2D eigenvalue weighted by Gasteiger charge is 2.44. The lowest BCUT2D eigenvalue weighted by Crippen LogP contribution is -2.36. The minimum Gasteiger partial charge on any atom is -0.497 e. The second-order valence-electron chi connectivity index (χ2n) is 8.42. The average Bonchev–Trinajstić information content (AvgIpc) is 3.17. The van der Waals surface area contributed by atoms with E-state index < -0.39 is 15.9 Å². The van der Waals surface area contributed by atoms with Crippen molar-refractivity contribution in [2.45, 2.75) is 44.5 Å². The van der Waals surface area contributed by atoms with E-state index in [9.17, 15) is 18.0 Å². The van der Waals surface area contributed by atoms with Crippen molar-refractivity contribution in [3.8, 4) is 5.75 Å². The van der Waals surface area contributed by atoms with Gasteiger partial charge >= 0.3 is 0 Å². The molecule has 2 amide bonds. The van der Waals surface area contributed by atoms with Gasteiger partial charge in [-0.15, -0.1) is 0 Å². The van der Waals surface area contributed by atoms with Gasteiger partial charge in [-0.2, -0.15) is 0 Å². The van der Waals surface area contributed by atoms with Crippen LogP contribution in [-0.2, 0) is 31.9 Å². The van der Waals surface area contributed by atoms with Crippen LogP contribution in [0.15, 0.2) is 48.5 Å². The predicted octanol–water partition coefficient (Wildman–Crippen LogP) is 2.75. The molecule has 34 heavy (non-hydrogen) atoms. The number of carbonyl (C=O) groups is 2. The highest BCUT2D eigenvalue weighted by atomic mass is 32.2. The fraction of sp³-hybridized carbons (Fsp3) is 0.440. The summed E-state index contributed by atoms with van der Waals surface area (Å²) in [5, 5.41) is 2.95. The van der Waals surface area contributed by atoms with E-state index in [1.165, 1.54) is 7.05 Å². The van der Waals surface area contributed by atoms with Crippen LogP contribution in [0.1, 0.15) is 48.9 Å². The van der Waals surface area contributed by atoms with Gasteiger partial charge in [0.05, 0.1) is 24.8 Å². The van der Waals surface area contributed by atoms with Crippen molar-refractivity contribution >= 4 is 21.8 Å². The van der Waals surface area contributed by atoms with Crippen LogP contribution < -0.4 is 14.8 Å². The number of likely N-dealkylation sites (tertiary alicyclic amines) is 1. The summed E-state index contributed by atoms with van der Waals surface area (Å²) in [6.45, 7) is 2.85. The van der Waals surface area contributed by atoms with E-state index in [-0.39, 0.29) is 36.6 Å². The van der Waals surface area contributed by atoms with Crippen molar-refractivity contribution in [1.29, 1.82) is 0 Å². The second kappa shape index (κ2) is 11.5. The van der Waals surface area contributed by atoms with Gasteiger partial charge in [-0.1, -0.05) is 49.7 Å². The molecule has 2 aromatic carbocycles. The van der Waals surface area contributed by atoms with Crippen LogP contribution >= 0.6 is 0 Å². The van der Waals surface area contributed by atoms with E-state index in [2.05, 4.69) is 17.0 Å². The molecule has 1 aliphatic rings. The summed E-state index contributed by atoms with van der Waals surface area (Å²) in [6, 6.07) is 14.2. The van der Waals surface area contributed by atoms with E-state index >= 15 is 0 Å². The molecule has 3 rings (SSSR count). The molecular weight excluding hydrogens is 454 g/mol. The van der Waals surface area contributed by atoms with Gasteiger partial charge in [0.15, 0.2) is 0 Å². The Balaban J connectivity index is 1.80. The topological polar surface area (TPSA) is 105 Å². The van der Waals surface area contributed by atoms with E-state index in [0.717, 1.165) is 24.0 Å². The molecule has 0 radical (unpaired) electrons. The fourth-order valence-electron chi connectivity index (χ4n) is 4.29.